The predicted molar refractivity (Wildman–Crippen MR) is 109 cm³/mol. The highest BCUT2D eigenvalue weighted by Crippen LogP contribution is 2.36. The molecule has 6 heteroatoms. The molecule has 1 aliphatic rings. The van der Waals surface area contributed by atoms with E-state index in [0.29, 0.717) is 16.1 Å². The molecule has 3 aromatic rings. The average molecular weight is 404 g/mol. The lowest BCUT2D eigenvalue weighted by atomic mass is 9.95. The van der Waals surface area contributed by atoms with Crippen molar-refractivity contribution >= 4 is 40.2 Å². The summed E-state index contributed by atoms with van der Waals surface area (Å²) in [5.74, 6) is 0. The topological polar surface area (TPSA) is 30.2 Å². The molecule has 0 atom stereocenters. The number of aromatic nitrogens is 2. The summed E-state index contributed by atoms with van der Waals surface area (Å²) in [7, 11) is 0. The first-order chi connectivity index (χ1) is 12.7. The number of hydrogen-bond acceptors (Lipinski definition) is 3. The molecule has 26 heavy (non-hydrogen) atoms. The molecule has 3 nitrogen and oxygen atoms in total. The van der Waals surface area contributed by atoms with Crippen LogP contribution in [0, 0.1) is 0 Å². The van der Waals surface area contributed by atoms with Crippen molar-refractivity contribution in [3.8, 4) is 11.3 Å². The van der Waals surface area contributed by atoms with Gasteiger partial charge in [0.2, 0.25) is 0 Å². The number of benzene rings is 1. The van der Waals surface area contributed by atoms with Crippen molar-refractivity contribution in [2.45, 2.75) is 38.1 Å². The summed E-state index contributed by atoms with van der Waals surface area (Å²) in [6.45, 7) is 0. The van der Waals surface area contributed by atoms with E-state index in [9.17, 15) is 0 Å². The Morgan fingerprint density at radius 3 is 2.73 bits per heavy atom. The summed E-state index contributed by atoms with van der Waals surface area (Å²) in [5.41, 5.74) is 2.92. The molecule has 0 unspecified atom stereocenters. The number of rotatable bonds is 3. The van der Waals surface area contributed by atoms with E-state index >= 15 is 0 Å². The standard InChI is InChI=1S/C20H19Cl2N3S/c21-14-8-9-18(22)17(11-14)19-13-26-20(24-15-5-4-10-23-12-15)25(19)16-6-2-1-3-7-16/h4-5,8-13,16H,1-3,6-7H2. The van der Waals surface area contributed by atoms with Crippen molar-refractivity contribution in [3.63, 3.8) is 0 Å². The van der Waals surface area contributed by atoms with E-state index in [1.807, 2.05) is 30.3 Å². The molecule has 4 rings (SSSR count). The molecule has 1 aromatic carbocycles. The van der Waals surface area contributed by atoms with Crippen LogP contribution in [0.3, 0.4) is 0 Å². The van der Waals surface area contributed by atoms with E-state index in [1.165, 1.54) is 32.1 Å². The number of nitrogens with zero attached hydrogens (tertiary/aromatic N) is 3. The van der Waals surface area contributed by atoms with Gasteiger partial charge in [0.15, 0.2) is 4.80 Å². The van der Waals surface area contributed by atoms with Crippen LogP contribution >= 0.6 is 34.5 Å². The molecule has 0 spiro atoms. The molecule has 0 radical (unpaired) electrons. The van der Waals surface area contributed by atoms with E-state index in [-0.39, 0.29) is 0 Å². The maximum Gasteiger partial charge on any atom is 0.190 e. The zero-order chi connectivity index (χ0) is 17.9. The molecule has 2 heterocycles. The van der Waals surface area contributed by atoms with Gasteiger partial charge in [-0.15, -0.1) is 11.3 Å². The molecule has 1 fully saturated rings. The molecule has 0 amide bonds. The van der Waals surface area contributed by atoms with Gasteiger partial charge in [-0.25, -0.2) is 4.99 Å². The van der Waals surface area contributed by atoms with Crippen LogP contribution < -0.4 is 4.80 Å². The van der Waals surface area contributed by atoms with E-state index in [4.69, 9.17) is 28.2 Å². The first-order valence-corrected chi connectivity index (χ1v) is 10.5. The van der Waals surface area contributed by atoms with Gasteiger partial charge in [-0.1, -0.05) is 42.5 Å². The van der Waals surface area contributed by atoms with Gasteiger partial charge in [-0.2, -0.15) is 0 Å². The van der Waals surface area contributed by atoms with Crippen LogP contribution in [-0.4, -0.2) is 9.55 Å². The molecular weight excluding hydrogens is 385 g/mol. The Labute approximate surface area is 167 Å². The summed E-state index contributed by atoms with van der Waals surface area (Å²) in [6, 6.07) is 9.96. The van der Waals surface area contributed by atoms with Crippen molar-refractivity contribution in [3.05, 3.63) is 63.0 Å². The van der Waals surface area contributed by atoms with Crippen LogP contribution in [0.2, 0.25) is 10.0 Å². The molecule has 0 aliphatic heterocycles. The zero-order valence-corrected chi connectivity index (χ0v) is 16.6. The Hall–Kier alpha value is -1.62. The Balaban J connectivity index is 1.89. The van der Waals surface area contributed by atoms with Gasteiger partial charge in [-0.3, -0.25) is 4.98 Å². The van der Waals surface area contributed by atoms with Gasteiger partial charge in [0.05, 0.1) is 22.6 Å². The fourth-order valence-electron chi connectivity index (χ4n) is 3.51. The second-order valence-corrected chi connectivity index (χ2v) is 8.19. The van der Waals surface area contributed by atoms with Crippen LogP contribution in [0.1, 0.15) is 38.1 Å². The SMILES string of the molecule is Clc1ccc(Cl)c(-c2csc(=Nc3cccnc3)n2C2CCCCC2)c1. The van der Waals surface area contributed by atoms with Gasteiger partial charge in [0.1, 0.15) is 0 Å². The minimum Gasteiger partial charge on any atom is -0.313 e. The molecule has 0 N–H and O–H groups in total. The second-order valence-electron chi connectivity index (χ2n) is 6.51. The van der Waals surface area contributed by atoms with E-state index in [1.54, 1.807) is 23.7 Å². The van der Waals surface area contributed by atoms with Crippen molar-refractivity contribution in [1.29, 1.82) is 0 Å². The Bertz CT molecular complexity index is 957. The van der Waals surface area contributed by atoms with Gasteiger partial charge < -0.3 is 4.57 Å². The third kappa shape index (κ3) is 3.73. The molecule has 1 saturated carbocycles. The zero-order valence-electron chi connectivity index (χ0n) is 14.2. The van der Waals surface area contributed by atoms with Crippen LogP contribution in [-0.2, 0) is 0 Å². The highest BCUT2D eigenvalue weighted by molar-refractivity contribution is 7.07. The summed E-state index contributed by atoms with van der Waals surface area (Å²) in [5, 5.41) is 3.54. The highest BCUT2D eigenvalue weighted by atomic mass is 35.5. The Kier molecular flexibility index (Phi) is 5.44. The van der Waals surface area contributed by atoms with E-state index in [0.717, 1.165) is 21.7 Å². The normalized spacial score (nSPS) is 16.2. The maximum atomic E-state index is 6.50. The Morgan fingerprint density at radius 1 is 1.12 bits per heavy atom. The van der Waals surface area contributed by atoms with E-state index in [2.05, 4.69) is 14.9 Å². The lowest BCUT2D eigenvalue weighted by Gasteiger charge is -2.25. The quantitative estimate of drug-likeness (QED) is 0.480. The largest absolute Gasteiger partial charge is 0.313 e. The van der Waals surface area contributed by atoms with E-state index < -0.39 is 0 Å². The number of pyridine rings is 1. The smallest absolute Gasteiger partial charge is 0.190 e. The van der Waals surface area contributed by atoms with Crippen molar-refractivity contribution < 1.29 is 0 Å². The fourth-order valence-corrected chi connectivity index (χ4v) is 4.88. The lowest BCUT2D eigenvalue weighted by Crippen LogP contribution is -2.23. The summed E-state index contributed by atoms with van der Waals surface area (Å²) >= 11 is 14.4. The minimum absolute atomic E-state index is 0.440. The summed E-state index contributed by atoms with van der Waals surface area (Å²) < 4.78 is 2.36. The molecule has 134 valence electrons. The highest BCUT2D eigenvalue weighted by Gasteiger charge is 2.21. The third-order valence-corrected chi connectivity index (χ3v) is 6.16. The first kappa shape index (κ1) is 17.8. The number of hydrogen-bond donors (Lipinski definition) is 0. The molecule has 1 aliphatic carbocycles. The Morgan fingerprint density at radius 2 is 1.96 bits per heavy atom. The molecule has 0 saturated heterocycles. The average Bonchev–Trinajstić information content (AvgIpc) is 3.08. The van der Waals surface area contributed by atoms with Crippen LogP contribution in [0.4, 0.5) is 5.69 Å². The van der Waals surface area contributed by atoms with Gasteiger partial charge >= 0.3 is 0 Å². The van der Waals surface area contributed by atoms with Crippen molar-refractivity contribution in [1.82, 2.24) is 9.55 Å². The monoisotopic (exact) mass is 403 g/mol. The van der Waals surface area contributed by atoms with Gasteiger partial charge in [0.25, 0.3) is 0 Å². The van der Waals surface area contributed by atoms with Crippen LogP contribution in [0.25, 0.3) is 11.3 Å². The van der Waals surface area contributed by atoms with Crippen LogP contribution in [0.5, 0.6) is 0 Å². The van der Waals surface area contributed by atoms with Gasteiger partial charge in [0, 0.05) is 28.2 Å². The van der Waals surface area contributed by atoms with Crippen molar-refractivity contribution in [2.75, 3.05) is 0 Å². The fraction of sp³-hybridized carbons (Fsp3) is 0.300. The number of thiazole rings is 1. The maximum absolute atomic E-state index is 6.50. The molecule has 2 aromatic heterocycles. The predicted octanol–water partition coefficient (Wildman–Crippen LogP) is 6.66. The summed E-state index contributed by atoms with van der Waals surface area (Å²) in [6.07, 6.45) is 9.70. The second kappa shape index (κ2) is 7.95. The molecule has 0 bridgehead atoms. The molecular formula is C20H19Cl2N3S. The first-order valence-electron chi connectivity index (χ1n) is 8.82. The number of halogens is 2. The van der Waals surface area contributed by atoms with Crippen LogP contribution in [0.15, 0.2) is 53.1 Å². The van der Waals surface area contributed by atoms with Gasteiger partial charge in [-0.05, 0) is 43.2 Å². The lowest BCUT2D eigenvalue weighted by molar-refractivity contribution is 0.351. The third-order valence-electron chi connectivity index (χ3n) is 4.76. The summed E-state index contributed by atoms with van der Waals surface area (Å²) in [4.78, 5) is 10.0. The minimum atomic E-state index is 0.440. The van der Waals surface area contributed by atoms with Crippen molar-refractivity contribution in [2.24, 2.45) is 4.99 Å².